The Morgan fingerprint density at radius 3 is 2.83 bits per heavy atom. The number of carbonyl (C=O) groups excluding carboxylic acids is 1. The molecule has 0 aliphatic carbocycles. The van der Waals surface area contributed by atoms with Gasteiger partial charge in [-0.25, -0.2) is 4.98 Å². The van der Waals surface area contributed by atoms with Crippen LogP contribution in [0.1, 0.15) is 31.7 Å². The molecule has 0 spiro atoms. The molecule has 1 aromatic carbocycles. The molecule has 1 amide bonds. The number of ether oxygens (including phenoxy) is 2. The first-order chi connectivity index (χ1) is 17.0. The van der Waals surface area contributed by atoms with E-state index in [0.717, 1.165) is 66.9 Å². The molecule has 2 aromatic rings. The maximum Gasteiger partial charge on any atom is 0.219 e. The lowest BCUT2D eigenvalue weighted by atomic mass is 9.95. The van der Waals surface area contributed by atoms with Crippen LogP contribution in [0.15, 0.2) is 47.8 Å². The molecule has 184 valence electrons. The van der Waals surface area contributed by atoms with E-state index in [1.54, 1.807) is 20.2 Å². The molecular formula is C27H33N5O3. The molecule has 3 aliphatic rings. The number of methoxy groups -OCH3 is 1. The number of aryl methyl sites for hydroxylation is 1. The van der Waals surface area contributed by atoms with Crippen molar-refractivity contribution in [2.45, 2.75) is 38.6 Å². The Labute approximate surface area is 206 Å². The highest BCUT2D eigenvalue weighted by Crippen LogP contribution is 2.34. The van der Waals surface area contributed by atoms with Crippen molar-refractivity contribution >= 4 is 17.4 Å². The van der Waals surface area contributed by atoms with Gasteiger partial charge in [0.15, 0.2) is 0 Å². The van der Waals surface area contributed by atoms with Gasteiger partial charge in [-0.15, -0.1) is 0 Å². The van der Waals surface area contributed by atoms with Crippen molar-refractivity contribution in [3.05, 3.63) is 53.4 Å². The zero-order valence-corrected chi connectivity index (χ0v) is 20.5. The van der Waals surface area contributed by atoms with Crippen molar-refractivity contribution in [3.63, 3.8) is 0 Å². The van der Waals surface area contributed by atoms with E-state index in [4.69, 9.17) is 9.47 Å². The summed E-state index contributed by atoms with van der Waals surface area (Å²) in [5, 5.41) is 12.9. The quantitative estimate of drug-likeness (QED) is 0.509. The Hall–Kier alpha value is -3.39. The number of anilines is 1. The van der Waals surface area contributed by atoms with Crippen molar-refractivity contribution in [1.29, 1.82) is 5.41 Å². The van der Waals surface area contributed by atoms with Gasteiger partial charge < -0.3 is 24.6 Å². The van der Waals surface area contributed by atoms with E-state index in [0.29, 0.717) is 31.4 Å². The van der Waals surface area contributed by atoms with Crippen molar-refractivity contribution in [2.75, 3.05) is 44.9 Å². The number of amidine groups is 1. The largest absolute Gasteiger partial charge is 0.481 e. The van der Waals surface area contributed by atoms with Gasteiger partial charge >= 0.3 is 0 Å². The molecule has 3 aliphatic heterocycles. The Morgan fingerprint density at radius 1 is 1.20 bits per heavy atom. The zero-order valence-electron chi connectivity index (χ0n) is 20.5. The fraction of sp³-hybridized carbons (Fsp3) is 0.444. The van der Waals surface area contributed by atoms with Crippen LogP contribution in [0.3, 0.4) is 0 Å². The number of nitrogens with zero attached hydrogens (tertiary/aromatic N) is 3. The number of hydrogen-bond donors (Lipinski definition) is 2. The molecule has 8 nitrogen and oxygen atoms in total. The van der Waals surface area contributed by atoms with Crippen molar-refractivity contribution in [2.24, 2.45) is 0 Å². The van der Waals surface area contributed by atoms with Crippen LogP contribution in [0, 0.1) is 5.41 Å². The highest BCUT2D eigenvalue weighted by Gasteiger charge is 2.30. The van der Waals surface area contributed by atoms with E-state index in [2.05, 4.69) is 33.4 Å². The van der Waals surface area contributed by atoms with Crippen LogP contribution in [0.25, 0.3) is 11.1 Å². The Kier molecular flexibility index (Phi) is 6.72. The molecule has 0 saturated carbocycles. The Morgan fingerprint density at radius 2 is 2.06 bits per heavy atom. The number of benzene rings is 1. The second-order valence-electron chi connectivity index (χ2n) is 9.39. The maximum atomic E-state index is 12.2. The fourth-order valence-electron chi connectivity index (χ4n) is 5.18. The molecule has 4 heterocycles. The predicted molar refractivity (Wildman–Crippen MR) is 136 cm³/mol. The molecule has 8 heteroatoms. The smallest absolute Gasteiger partial charge is 0.219 e. The highest BCUT2D eigenvalue weighted by molar-refractivity contribution is 6.09. The molecular weight excluding hydrogens is 442 g/mol. The van der Waals surface area contributed by atoms with Crippen molar-refractivity contribution in [3.8, 4) is 17.0 Å². The standard InChI is InChI=1S/C27H33N5O3/c1-18(33)31-12-8-24(30-22-9-13-35-17-22)23(16-31)27(28)32-11-3-4-21-14-19(5-6-25(21)32)20-7-10-29-26(15-20)34-2/h5-7,10,14-15,22,28,30H,3-4,8-9,11-13,16-17H2,1-2H3/t22-/m0/s1. The summed E-state index contributed by atoms with van der Waals surface area (Å²) in [6.07, 6.45) is 5.41. The summed E-state index contributed by atoms with van der Waals surface area (Å²) in [5.41, 5.74) is 6.46. The van der Waals surface area contributed by atoms with Crippen LogP contribution in [0.5, 0.6) is 5.88 Å². The van der Waals surface area contributed by atoms with Gasteiger partial charge in [-0.3, -0.25) is 10.2 Å². The van der Waals surface area contributed by atoms with E-state index in [9.17, 15) is 10.2 Å². The van der Waals surface area contributed by atoms with Gasteiger partial charge in [0.2, 0.25) is 11.8 Å². The van der Waals surface area contributed by atoms with E-state index < -0.39 is 0 Å². The van der Waals surface area contributed by atoms with Crippen molar-refractivity contribution in [1.82, 2.24) is 15.2 Å². The van der Waals surface area contributed by atoms with Crippen LogP contribution in [0.2, 0.25) is 0 Å². The van der Waals surface area contributed by atoms with E-state index in [1.165, 1.54) is 5.56 Å². The fourth-order valence-corrected chi connectivity index (χ4v) is 5.18. The third-order valence-corrected chi connectivity index (χ3v) is 7.13. The molecule has 0 radical (unpaired) electrons. The van der Waals surface area contributed by atoms with Crippen LogP contribution in [-0.2, 0) is 16.0 Å². The van der Waals surface area contributed by atoms with Crippen LogP contribution in [-0.4, -0.2) is 67.6 Å². The summed E-state index contributed by atoms with van der Waals surface area (Å²) in [6, 6.07) is 10.6. The zero-order chi connectivity index (χ0) is 24.4. The number of carbonyl (C=O) groups is 1. The summed E-state index contributed by atoms with van der Waals surface area (Å²) in [5.74, 6) is 1.13. The normalized spacial score (nSPS) is 20.0. The number of pyridine rings is 1. The van der Waals surface area contributed by atoms with Gasteiger partial charge in [-0.05, 0) is 54.2 Å². The number of rotatable bonds is 5. The minimum absolute atomic E-state index is 0.0509. The van der Waals surface area contributed by atoms with Crippen molar-refractivity contribution < 1.29 is 14.3 Å². The van der Waals surface area contributed by atoms with E-state index in [-0.39, 0.29) is 11.9 Å². The highest BCUT2D eigenvalue weighted by atomic mass is 16.5. The molecule has 1 fully saturated rings. The van der Waals surface area contributed by atoms with Gasteiger partial charge in [0.25, 0.3) is 0 Å². The summed E-state index contributed by atoms with van der Waals surface area (Å²) in [6.45, 7) is 4.99. The number of amides is 1. The number of hydrogen-bond acceptors (Lipinski definition) is 6. The Bertz CT molecular complexity index is 1160. The molecule has 0 bridgehead atoms. The molecule has 5 rings (SSSR count). The van der Waals surface area contributed by atoms with Gasteiger partial charge in [-0.1, -0.05) is 6.07 Å². The van der Waals surface area contributed by atoms with Crippen LogP contribution >= 0.6 is 0 Å². The average molecular weight is 476 g/mol. The Balaban J connectivity index is 1.45. The number of aromatic nitrogens is 1. The molecule has 0 unspecified atom stereocenters. The molecule has 2 N–H and O–H groups in total. The lowest BCUT2D eigenvalue weighted by Gasteiger charge is -2.37. The first kappa shape index (κ1) is 23.4. The van der Waals surface area contributed by atoms with Crippen LogP contribution < -0.4 is 15.0 Å². The van der Waals surface area contributed by atoms with Gasteiger partial charge in [0.1, 0.15) is 5.84 Å². The van der Waals surface area contributed by atoms with Gasteiger partial charge in [0.05, 0.1) is 26.3 Å². The summed E-state index contributed by atoms with van der Waals surface area (Å²) < 4.78 is 10.8. The minimum Gasteiger partial charge on any atom is -0.481 e. The first-order valence-corrected chi connectivity index (χ1v) is 12.3. The monoisotopic (exact) mass is 475 g/mol. The lowest BCUT2D eigenvalue weighted by Crippen LogP contribution is -2.46. The first-order valence-electron chi connectivity index (χ1n) is 12.3. The maximum absolute atomic E-state index is 12.2. The number of nitrogens with one attached hydrogen (secondary N) is 2. The SMILES string of the molecule is COc1cc(-c2ccc3c(c2)CCCN3C(=N)C2=C(N[C@H]3CCOC3)CCN(C(C)=O)C2)ccn1. The van der Waals surface area contributed by atoms with Gasteiger partial charge in [-0.2, -0.15) is 0 Å². The number of fused-ring (bicyclic) bond motifs is 1. The minimum atomic E-state index is 0.0509. The second-order valence-corrected chi connectivity index (χ2v) is 9.39. The second kappa shape index (κ2) is 10.1. The molecule has 1 saturated heterocycles. The lowest BCUT2D eigenvalue weighted by molar-refractivity contribution is -0.128. The molecule has 35 heavy (non-hydrogen) atoms. The van der Waals surface area contributed by atoms with E-state index >= 15 is 0 Å². The summed E-state index contributed by atoms with van der Waals surface area (Å²) in [7, 11) is 1.62. The predicted octanol–water partition coefficient (Wildman–Crippen LogP) is 3.37. The summed E-state index contributed by atoms with van der Waals surface area (Å²) in [4.78, 5) is 20.3. The van der Waals surface area contributed by atoms with Crippen LogP contribution in [0.4, 0.5) is 5.69 Å². The van der Waals surface area contributed by atoms with E-state index in [1.807, 2.05) is 17.0 Å². The molecule has 1 atom stereocenters. The van der Waals surface area contributed by atoms with Gasteiger partial charge in [0, 0.05) is 62.3 Å². The third-order valence-electron chi connectivity index (χ3n) is 7.13. The topological polar surface area (TPSA) is 90.8 Å². The third kappa shape index (κ3) is 4.89. The average Bonchev–Trinajstić information content (AvgIpc) is 3.41. The summed E-state index contributed by atoms with van der Waals surface area (Å²) >= 11 is 0. The molecule has 1 aromatic heterocycles.